The van der Waals surface area contributed by atoms with Gasteiger partial charge in [-0.05, 0) is 66.7 Å². The number of hydrogen-bond donors (Lipinski definition) is 1. The number of aryl methyl sites for hydroxylation is 1. The van der Waals surface area contributed by atoms with Crippen LogP contribution in [0.15, 0.2) is 71.5 Å². The predicted molar refractivity (Wildman–Crippen MR) is 205 cm³/mol. The van der Waals surface area contributed by atoms with Gasteiger partial charge in [0.15, 0.2) is 5.78 Å². The molecule has 6 rings (SSSR count). The number of ketones is 1. The fraction of sp³-hybridized carbons (Fsp3) is 0.429. The van der Waals surface area contributed by atoms with E-state index in [9.17, 15) is 9.90 Å². The van der Waals surface area contributed by atoms with Crippen LogP contribution in [0.25, 0.3) is 42.2 Å². The van der Waals surface area contributed by atoms with Crippen LogP contribution in [-0.2, 0) is 36.7 Å². The van der Waals surface area contributed by atoms with Crippen LogP contribution in [0.2, 0.25) is 0 Å². The number of carbonyl (C=O) groups excluding carboxylic acids is 1. The Morgan fingerprint density at radius 2 is 1.58 bits per heavy atom. The number of aromatic nitrogens is 1. The average Bonchev–Trinajstić information content (AvgIpc) is 3.71. The fourth-order valence-electron chi connectivity index (χ4n) is 6.35. The summed E-state index contributed by atoms with van der Waals surface area (Å²) in [5, 5.41) is 15.4. The molecule has 1 radical (unpaired) electrons. The van der Waals surface area contributed by atoms with E-state index in [0.717, 1.165) is 48.7 Å². The minimum absolute atomic E-state index is 0. The molecule has 257 valence electrons. The number of allylic oxidation sites excluding steroid dienone is 2. The number of rotatable bonds is 8. The van der Waals surface area contributed by atoms with Gasteiger partial charge in [-0.1, -0.05) is 91.5 Å². The molecule has 1 aliphatic heterocycles. The number of fused-ring (bicyclic) bond motifs is 6. The molecular formula is C42H50IrNO2S2-. The van der Waals surface area contributed by atoms with Gasteiger partial charge in [0.25, 0.3) is 0 Å². The van der Waals surface area contributed by atoms with Gasteiger partial charge in [0.05, 0.1) is 0 Å². The first-order valence-electron chi connectivity index (χ1n) is 17.2. The third-order valence-electron chi connectivity index (χ3n) is 10.7. The molecule has 0 saturated heterocycles. The maximum Gasteiger partial charge on any atom is 0.164 e. The zero-order chi connectivity index (χ0) is 34.1. The van der Waals surface area contributed by atoms with Gasteiger partial charge in [0.2, 0.25) is 0 Å². The second-order valence-corrected chi connectivity index (χ2v) is 16.7. The van der Waals surface area contributed by atoms with Crippen LogP contribution in [-0.4, -0.2) is 21.6 Å². The third kappa shape index (κ3) is 7.33. The summed E-state index contributed by atoms with van der Waals surface area (Å²) in [7, 11) is 0. The summed E-state index contributed by atoms with van der Waals surface area (Å²) in [6.45, 7) is 18.9. The van der Waals surface area contributed by atoms with E-state index in [4.69, 9.17) is 4.98 Å². The minimum Gasteiger partial charge on any atom is -0.512 e. The summed E-state index contributed by atoms with van der Waals surface area (Å²) in [4.78, 5) is 18.5. The number of thioether (sulfide) groups is 1. The monoisotopic (exact) mass is 857 g/mol. The van der Waals surface area contributed by atoms with Gasteiger partial charge in [-0.25, -0.2) is 0 Å². The van der Waals surface area contributed by atoms with Crippen LogP contribution in [0, 0.1) is 16.9 Å². The van der Waals surface area contributed by atoms with Crippen LogP contribution >= 0.6 is 23.1 Å². The number of pyridine rings is 1. The Morgan fingerprint density at radius 3 is 2.23 bits per heavy atom. The molecule has 1 aliphatic rings. The molecule has 0 saturated carbocycles. The number of aliphatic hydroxyl groups is 1. The maximum atomic E-state index is 12.2. The number of hydrogen-bond acceptors (Lipinski definition) is 5. The van der Waals surface area contributed by atoms with Crippen LogP contribution in [0.1, 0.15) is 99.1 Å². The van der Waals surface area contributed by atoms with Crippen molar-refractivity contribution in [2.45, 2.75) is 105 Å². The van der Waals surface area contributed by atoms with Gasteiger partial charge in [-0.3, -0.25) is 9.78 Å². The fourth-order valence-corrected chi connectivity index (χ4v) is 8.65. The smallest absolute Gasteiger partial charge is 0.164 e. The summed E-state index contributed by atoms with van der Waals surface area (Å²) >= 11 is 3.86. The minimum atomic E-state index is -0.337. The topological polar surface area (TPSA) is 50.2 Å². The molecule has 0 aliphatic carbocycles. The Morgan fingerprint density at radius 1 is 0.917 bits per heavy atom. The van der Waals surface area contributed by atoms with Crippen molar-refractivity contribution < 1.29 is 30.0 Å². The van der Waals surface area contributed by atoms with Gasteiger partial charge in [0.1, 0.15) is 5.76 Å². The van der Waals surface area contributed by atoms with Crippen LogP contribution in [0.5, 0.6) is 0 Å². The van der Waals surface area contributed by atoms with Gasteiger partial charge in [-0.2, -0.15) is 0 Å². The van der Waals surface area contributed by atoms with E-state index in [1.54, 1.807) is 0 Å². The predicted octanol–water partition coefficient (Wildman–Crippen LogP) is 12.7. The third-order valence-corrected chi connectivity index (χ3v) is 12.9. The van der Waals surface area contributed by atoms with Crippen molar-refractivity contribution in [3.05, 3.63) is 83.8 Å². The summed E-state index contributed by atoms with van der Waals surface area (Å²) in [6.07, 6.45) is 7.90. The number of carbonyl (C=O) groups is 1. The van der Waals surface area contributed by atoms with E-state index < -0.39 is 0 Å². The quantitative estimate of drug-likeness (QED) is 0.0959. The number of nitrogens with zero attached hydrogens (tertiary/aromatic N) is 1. The zero-order valence-corrected chi connectivity index (χ0v) is 34.0. The van der Waals surface area contributed by atoms with E-state index in [0.29, 0.717) is 0 Å². The van der Waals surface area contributed by atoms with E-state index >= 15 is 0 Å². The summed E-state index contributed by atoms with van der Waals surface area (Å²) in [6, 6.07) is 21.4. The maximum absolute atomic E-state index is 12.2. The van der Waals surface area contributed by atoms with Crippen molar-refractivity contribution in [2.75, 3.05) is 5.75 Å². The van der Waals surface area contributed by atoms with Crippen molar-refractivity contribution in [1.29, 1.82) is 0 Å². The van der Waals surface area contributed by atoms with E-state index in [-0.39, 0.29) is 47.9 Å². The van der Waals surface area contributed by atoms with Crippen LogP contribution < -0.4 is 0 Å². The van der Waals surface area contributed by atoms with Crippen molar-refractivity contribution >= 4 is 59.8 Å². The molecular weight excluding hydrogens is 807 g/mol. The summed E-state index contributed by atoms with van der Waals surface area (Å²) in [5.41, 5.74) is 4.48. The molecule has 3 aromatic carbocycles. The first-order valence-corrected chi connectivity index (χ1v) is 19.0. The summed E-state index contributed by atoms with van der Waals surface area (Å²) in [5.74, 6) is 1.48. The standard InChI is InChI=1S/C27H22NS2.C15H28O2.Ir/c1-27(2,3)21-15-17(14-16-6-4-5-7-18(16)21)25-26-20(10-12-28-25)24-19-11-13-29-22(19)8-9-23(24)30-26;1-7-14(5,8-2)12(16)11-13(17)15(6,9-3)10-4;/h4-10,12,15H,11,13H2,1-3H3;11,16H,7-10H2,1-6H3;/q-1;;/b;12-11-;. The molecule has 1 N–H and O–H groups in total. The molecule has 0 fully saturated rings. The molecule has 6 heteroatoms. The van der Waals surface area contributed by atoms with E-state index in [1.807, 2.05) is 70.8 Å². The van der Waals surface area contributed by atoms with Crippen LogP contribution in [0.3, 0.4) is 0 Å². The Bertz CT molecular complexity index is 1960. The summed E-state index contributed by atoms with van der Waals surface area (Å²) < 4.78 is 2.65. The SMILES string of the molecule is CC(C)(C)c1cc(-c2nccc3c2sc2ccc4c(c23)CCS4)[c-]c2ccccc12.CCC(C)(CC)C(=O)/C=C(\O)C(C)(CC)CC.[Ir]. The van der Waals surface area contributed by atoms with Gasteiger partial charge < -0.3 is 5.11 Å². The second-order valence-electron chi connectivity index (χ2n) is 14.5. The number of thiophene rings is 1. The van der Waals surface area contributed by atoms with Gasteiger partial charge >= 0.3 is 0 Å². The molecule has 0 amide bonds. The normalized spacial score (nSPS) is 13.7. The number of aliphatic hydroxyl groups excluding tert-OH is 1. The molecule has 0 unspecified atom stereocenters. The second kappa shape index (κ2) is 15.2. The Kier molecular flexibility index (Phi) is 12.1. The van der Waals surface area contributed by atoms with Gasteiger partial charge in [0, 0.05) is 74.3 Å². The Labute approximate surface area is 309 Å². The molecule has 3 heterocycles. The Hall–Kier alpha value is -2.50. The van der Waals surface area contributed by atoms with Crippen molar-refractivity contribution in [3.8, 4) is 11.3 Å². The molecule has 0 bridgehead atoms. The van der Waals surface area contributed by atoms with E-state index in [2.05, 4.69) is 75.4 Å². The average molecular weight is 857 g/mol. The first-order chi connectivity index (χ1) is 22.3. The van der Waals surface area contributed by atoms with Crippen LogP contribution in [0.4, 0.5) is 0 Å². The molecule has 5 aromatic rings. The zero-order valence-electron chi connectivity index (χ0n) is 30.0. The molecule has 0 spiro atoms. The number of benzene rings is 3. The van der Waals surface area contributed by atoms with Gasteiger partial charge in [-0.15, -0.1) is 52.2 Å². The van der Waals surface area contributed by atoms with Crippen molar-refractivity contribution in [3.63, 3.8) is 0 Å². The van der Waals surface area contributed by atoms with Crippen molar-refractivity contribution in [2.24, 2.45) is 10.8 Å². The van der Waals surface area contributed by atoms with Crippen molar-refractivity contribution in [1.82, 2.24) is 4.98 Å². The Balaban J connectivity index is 0.000000251. The first kappa shape index (κ1) is 38.3. The molecule has 0 atom stereocenters. The largest absolute Gasteiger partial charge is 0.512 e. The molecule has 48 heavy (non-hydrogen) atoms. The molecule has 2 aromatic heterocycles. The van der Waals surface area contributed by atoms with E-state index in [1.165, 1.54) is 53.4 Å². The molecule has 3 nitrogen and oxygen atoms in total.